The van der Waals surface area contributed by atoms with E-state index in [2.05, 4.69) is 0 Å². The minimum atomic E-state index is 0.323. The van der Waals surface area contributed by atoms with Crippen LogP contribution >= 0.6 is 0 Å². The van der Waals surface area contributed by atoms with Gasteiger partial charge in [0.2, 0.25) is 0 Å². The van der Waals surface area contributed by atoms with Gasteiger partial charge >= 0.3 is 0 Å². The molecule has 14 heavy (non-hydrogen) atoms. The van der Waals surface area contributed by atoms with Gasteiger partial charge in [-0.1, -0.05) is 12.1 Å². The zero-order valence-corrected chi connectivity index (χ0v) is 8.11. The maximum Gasteiger partial charge on any atom is 0.104 e. The van der Waals surface area contributed by atoms with E-state index in [9.17, 15) is 0 Å². The molecule has 1 aliphatic rings. The molecule has 1 heterocycles. The number of nitrogens with two attached hydrogens (primary N) is 1. The van der Waals surface area contributed by atoms with Crippen molar-refractivity contribution >= 4 is 5.69 Å². The molecule has 0 amide bonds. The molecule has 0 spiro atoms. The monoisotopic (exact) mass is 193 g/mol. The van der Waals surface area contributed by atoms with Crippen LogP contribution in [0.2, 0.25) is 0 Å². The zero-order valence-electron chi connectivity index (χ0n) is 8.11. The highest BCUT2D eigenvalue weighted by atomic mass is 16.6. The summed E-state index contributed by atoms with van der Waals surface area (Å²) in [6, 6.07) is 7.91. The molecule has 1 aromatic carbocycles. The molecule has 0 bridgehead atoms. The molecule has 2 N–H and O–H groups in total. The molecule has 1 fully saturated rings. The second kappa shape index (κ2) is 4.44. The van der Waals surface area contributed by atoms with Crippen LogP contribution in [0, 0.1) is 0 Å². The third-order valence-corrected chi connectivity index (χ3v) is 2.33. The lowest BCUT2D eigenvalue weighted by atomic mass is 10.1. The normalized spacial score (nSPS) is 16.6. The van der Waals surface area contributed by atoms with Crippen LogP contribution in [0.5, 0.6) is 0 Å². The smallest absolute Gasteiger partial charge is 0.104 e. The largest absolute Gasteiger partial charge is 0.399 e. The Balaban J connectivity index is 1.71. The van der Waals surface area contributed by atoms with Gasteiger partial charge in [-0.2, -0.15) is 0 Å². The molecule has 0 atom stereocenters. The molecule has 1 aromatic rings. The zero-order chi connectivity index (χ0) is 9.80. The van der Waals surface area contributed by atoms with Crippen molar-refractivity contribution in [2.24, 2.45) is 0 Å². The predicted molar refractivity (Wildman–Crippen MR) is 55.1 cm³/mol. The summed E-state index contributed by atoms with van der Waals surface area (Å²) in [5, 5.41) is 0. The molecule has 0 unspecified atom stereocenters. The second-order valence-electron chi connectivity index (χ2n) is 3.52. The third kappa shape index (κ3) is 2.47. The van der Waals surface area contributed by atoms with Crippen LogP contribution < -0.4 is 5.73 Å². The van der Waals surface area contributed by atoms with E-state index in [1.54, 1.807) is 0 Å². The summed E-state index contributed by atoms with van der Waals surface area (Å²) < 4.78 is 10.6. The lowest BCUT2D eigenvalue weighted by molar-refractivity contribution is -0.128. The van der Waals surface area contributed by atoms with Crippen LogP contribution in [0.15, 0.2) is 24.3 Å². The summed E-state index contributed by atoms with van der Waals surface area (Å²) in [5.74, 6) is 0. The van der Waals surface area contributed by atoms with Crippen LogP contribution in [-0.2, 0) is 15.9 Å². The first-order chi connectivity index (χ1) is 6.84. The molecule has 3 nitrogen and oxygen atoms in total. The van der Waals surface area contributed by atoms with Gasteiger partial charge in [0.05, 0.1) is 19.8 Å². The molecule has 1 saturated heterocycles. The lowest BCUT2D eigenvalue weighted by Crippen LogP contribution is -2.36. The standard InChI is InChI=1S/C11H15NO2/c12-10-3-1-9(2-4-10)5-6-14-11-7-13-8-11/h1-4,11H,5-8,12H2. The first-order valence-electron chi connectivity index (χ1n) is 4.88. The van der Waals surface area contributed by atoms with E-state index in [0.717, 1.165) is 31.9 Å². The van der Waals surface area contributed by atoms with Crippen LogP contribution in [0.25, 0.3) is 0 Å². The average Bonchev–Trinajstić information content (AvgIpc) is 2.12. The van der Waals surface area contributed by atoms with E-state index in [0.29, 0.717) is 6.10 Å². The Morgan fingerprint density at radius 1 is 1.29 bits per heavy atom. The summed E-state index contributed by atoms with van der Waals surface area (Å²) >= 11 is 0. The number of rotatable bonds is 4. The van der Waals surface area contributed by atoms with Gasteiger partial charge in [-0.05, 0) is 24.1 Å². The van der Waals surface area contributed by atoms with E-state index in [1.165, 1.54) is 5.56 Å². The first-order valence-corrected chi connectivity index (χ1v) is 4.88. The molecule has 0 aromatic heterocycles. The van der Waals surface area contributed by atoms with Gasteiger partial charge in [0.25, 0.3) is 0 Å². The Labute approximate surface area is 83.8 Å². The summed E-state index contributed by atoms with van der Waals surface area (Å²) in [6.45, 7) is 2.27. The Morgan fingerprint density at radius 3 is 2.57 bits per heavy atom. The fourth-order valence-electron chi connectivity index (χ4n) is 1.34. The Kier molecular flexibility index (Phi) is 3.01. The molecule has 0 radical (unpaired) electrons. The highest BCUT2D eigenvalue weighted by Crippen LogP contribution is 2.09. The van der Waals surface area contributed by atoms with Gasteiger partial charge in [0.15, 0.2) is 0 Å². The first kappa shape index (κ1) is 9.49. The maximum absolute atomic E-state index is 5.59. The number of nitrogen functional groups attached to an aromatic ring is 1. The molecule has 2 rings (SSSR count). The van der Waals surface area contributed by atoms with Gasteiger partial charge in [-0.25, -0.2) is 0 Å². The van der Waals surface area contributed by atoms with Crippen molar-refractivity contribution < 1.29 is 9.47 Å². The fraction of sp³-hybridized carbons (Fsp3) is 0.455. The molecule has 0 aliphatic carbocycles. The highest BCUT2D eigenvalue weighted by Gasteiger charge is 2.17. The number of anilines is 1. The summed E-state index contributed by atoms with van der Waals surface area (Å²) in [5.41, 5.74) is 7.66. The predicted octanol–water partition coefficient (Wildman–Crippen LogP) is 1.23. The van der Waals surface area contributed by atoms with Crippen LogP contribution in [0.3, 0.4) is 0 Å². The van der Waals surface area contributed by atoms with E-state index in [1.807, 2.05) is 24.3 Å². The molecule has 3 heteroatoms. The minimum Gasteiger partial charge on any atom is -0.399 e. The van der Waals surface area contributed by atoms with Gasteiger partial charge in [0, 0.05) is 5.69 Å². The molecular weight excluding hydrogens is 178 g/mol. The van der Waals surface area contributed by atoms with E-state index in [-0.39, 0.29) is 0 Å². The summed E-state index contributed by atoms with van der Waals surface area (Å²) in [7, 11) is 0. The van der Waals surface area contributed by atoms with Crippen molar-refractivity contribution in [2.45, 2.75) is 12.5 Å². The van der Waals surface area contributed by atoms with Crippen molar-refractivity contribution in [3.63, 3.8) is 0 Å². The Hall–Kier alpha value is -1.06. The quantitative estimate of drug-likeness (QED) is 0.731. The minimum absolute atomic E-state index is 0.323. The number of ether oxygens (including phenoxy) is 2. The maximum atomic E-state index is 5.59. The molecule has 76 valence electrons. The summed E-state index contributed by atoms with van der Waals surface area (Å²) in [6.07, 6.45) is 1.26. The van der Waals surface area contributed by atoms with Gasteiger partial charge in [0.1, 0.15) is 6.10 Å². The fourth-order valence-corrected chi connectivity index (χ4v) is 1.34. The number of benzene rings is 1. The van der Waals surface area contributed by atoms with Gasteiger partial charge < -0.3 is 15.2 Å². The SMILES string of the molecule is Nc1ccc(CCOC2COC2)cc1. The van der Waals surface area contributed by atoms with Crippen molar-refractivity contribution in [3.8, 4) is 0 Å². The molecule has 0 saturated carbocycles. The highest BCUT2D eigenvalue weighted by molar-refractivity contribution is 5.39. The van der Waals surface area contributed by atoms with Crippen molar-refractivity contribution in [1.29, 1.82) is 0 Å². The van der Waals surface area contributed by atoms with E-state index in [4.69, 9.17) is 15.2 Å². The average molecular weight is 193 g/mol. The Morgan fingerprint density at radius 2 is 2.00 bits per heavy atom. The van der Waals surface area contributed by atoms with Crippen LogP contribution in [-0.4, -0.2) is 25.9 Å². The van der Waals surface area contributed by atoms with Crippen molar-refractivity contribution in [1.82, 2.24) is 0 Å². The van der Waals surface area contributed by atoms with Gasteiger partial charge in [-0.15, -0.1) is 0 Å². The van der Waals surface area contributed by atoms with Crippen molar-refractivity contribution in [2.75, 3.05) is 25.6 Å². The van der Waals surface area contributed by atoms with E-state index < -0.39 is 0 Å². The second-order valence-corrected chi connectivity index (χ2v) is 3.52. The number of hydrogen-bond acceptors (Lipinski definition) is 3. The van der Waals surface area contributed by atoms with Crippen molar-refractivity contribution in [3.05, 3.63) is 29.8 Å². The van der Waals surface area contributed by atoms with E-state index >= 15 is 0 Å². The van der Waals surface area contributed by atoms with Crippen LogP contribution in [0.4, 0.5) is 5.69 Å². The molecule has 1 aliphatic heterocycles. The van der Waals surface area contributed by atoms with Gasteiger partial charge in [-0.3, -0.25) is 0 Å². The third-order valence-electron chi connectivity index (χ3n) is 2.33. The lowest BCUT2D eigenvalue weighted by Gasteiger charge is -2.25. The number of hydrogen-bond donors (Lipinski definition) is 1. The summed E-state index contributed by atoms with van der Waals surface area (Å²) in [4.78, 5) is 0. The molecular formula is C11H15NO2. The Bertz CT molecular complexity index is 280. The topological polar surface area (TPSA) is 44.5 Å². The van der Waals surface area contributed by atoms with Crippen LogP contribution in [0.1, 0.15) is 5.56 Å².